The predicted molar refractivity (Wildman–Crippen MR) is 114 cm³/mol. The zero-order valence-corrected chi connectivity index (χ0v) is 17.3. The molecule has 28 heavy (non-hydrogen) atoms. The summed E-state index contributed by atoms with van der Waals surface area (Å²) in [6, 6.07) is 14.9. The molecule has 4 nitrogen and oxygen atoms in total. The predicted octanol–water partition coefficient (Wildman–Crippen LogP) is 5.11. The van der Waals surface area contributed by atoms with E-state index in [4.69, 9.17) is 0 Å². The number of benzene rings is 2. The average Bonchev–Trinajstić information content (AvgIpc) is 2.68. The molecule has 148 valence electrons. The van der Waals surface area contributed by atoms with Crippen molar-refractivity contribution in [3.05, 3.63) is 65.2 Å². The molecule has 2 amide bonds. The van der Waals surface area contributed by atoms with Gasteiger partial charge in [-0.25, -0.2) is 0 Å². The van der Waals surface area contributed by atoms with Gasteiger partial charge in [-0.05, 0) is 54.0 Å². The Morgan fingerprint density at radius 2 is 1.61 bits per heavy atom. The van der Waals surface area contributed by atoms with Gasteiger partial charge >= 0.3 is 0 Å². The van der Waals surface area contributed by atoms with Crippen LogP contribution < -0.4 is 5.32 Å². The molecule has 1 saturated heterocycles. The summed E-state index contributed by atoms with van der Waals surface area (Å²) in [6.45, 7) is 10.2. The number of nitrogens with zero attached hydrogens (tertiary/aromatic N) is 1. The van der Waals surface area contributed by atoms with Crippen LogP contribution in [-0.4, -0.2) is 29.8 Å². The molecule has 1 N–H and O–H groups in total. The third-order valence-electron chi connectivity index (χ3n) is 5.43. The van der Waals surface area contributed by atoms with Crippen molar-refractivity contribution in [1.29, 1.82) is 0 Å². The van der Waals surface area contributed by atoms with Gasteiger partial charge in [-0.3, -0.25) is 9.59 Å². The number of carbonyl (C=O) groups excluding carboxylic acids is 2. The standard InChI is InChI=1S/C24H30N2O2/c1-17-12-14-26(15-13-17)23(28)19-9-7-8-18(16-19)22(27)25-21-11-6-5-10-20(21)24(2,3)4/h5-11,16-17H,12-15H2,1-4H3,(H,25,27). The van der Waals surface area contributed by atoms with Crippen molar-refractivity contribution in [3.8, 4) is 0 Å². The van der Waals surface area contributed by atoms with Crippen LogP contribution in [0.25, 0.3) is 0 Å². The molecule has 1 aliphatic rings. The van der Waals surface area contributed by atoms with Crippen LogP contribution in [-0.2, 0) is 5.41 Å². The molecular formula is C24H30N2O2. The van der Waals surface area contributed by atoms with Crippen LogP contribution in [0.4, 0.5) is 5.69 Å². The highest BCUT2D eigenvalue weighted by Crippen LogP contribution is 2.29. The third kappa shape index (κ3) is 4.61. The smallest absolute Gasteiger partial charge is 0.255 e. The molecule has 0 aromatic heterocycles. The summed E-state index contributed by atoms with van der Waals surface area (Å²) in [4.78, 5) is 27.6. The average molecular weight is 379 g/mol. The van der Waals surface area contributed by atoms with Gasteiger partial charge in [0.25, 0.3) is 11.8 Å². The maximum Gasteiger partial charge on any atom is 0.255 e. The zero-order valence-electron chi connectivity index (χ0n) is 17.3. The van der Waals surface area contributed by atoms with Gasteiger partial charge in [-0.1, -0.05) is 52.0 Å². The molecular weight excluding hydrogens is 348 g/mol. The summed E-state index contributed by atoms with van der Waals surface area (Å²) in [5.74, 6) is 0.485. The van der Waals surface area contributed by atoms with Crippen molar-refractivity contribution < 1.29 is 9.59 Å². The number of nitrogens with one attached hydrogen (secondary N) is 1. The van der Waals surface area contributed by atoms with E-state index in [1.165, 1.54) is 0 Å². The number of hydrogen-bond donors (Lipinski definition) is 1. The fourth-order valence-electron chi connectivity index (χ4n) is 3.63. The quantitative estimate of drug-likeness (QED) is 0.807. The van der Waals surface area contributed by atoms with Gasteiger partial charge in [0, 0.05) is 29.9 Å². The second-order valence-electron chi connectivity index (χ2n) is 8.81. The lowest BCUT2D eigenvalue weighted by atomic mass is 9.86. The summed E-state index contributed by atoms with van der Waals surface area (Å²) in [5, 5.41) is 3.02. The second-order valence-corrected chi connectivity index (χ2v) is 8.81. The number of carbonyl (C=O) groups is 2. The molecule has 3 rings (SSSR count). The van der Waals surface area contributed by atoms with E-state index in [0.29, 0.717) is 17.0 Å². The lowest BCUT2D eigenvalue weighted by molar-refractivity contribution is 0.0697. The van der Waals surface area contributed by atoms with E-state index >= 15 is 0 Å². The minimum atomic E-state index is -0.196. The van der Waals surface area contributed by atoms with Crippen LogP contribution in [0.1, 0.15) is 66.8 Å². The van der Waals surface area contributed by atoms with E-state index in [1.54, 1.807) is 24.3 Å². The molecule has 0 radical (unpaired) electrons. The number of amides is 2. The first-order valence-corrected chi connectivity index (χ1v) is 10.1. The summed E-state index contributed by atoms with van der Waals surface area (Å²) in [5.41, 5.74) is 2.89. The molecule has 0 saturated carbocycles. The molecule has 0 atom stereocenters. The first kappa shape index (κ1) is 20.1. The summed E-state index contributed by atoms with van der Waals surface area (Å²) in [7, 11) is 0. The van der Waals surface area contributed by atoms with Crippen LogP contribution in [0.15, 0.2) is 48.5 Å². The Balaban J connectivity index is 1.77. The van der Waals surface area contributed by atoms with Crippen LogP contribution in [0.5, 0.6) is 0 Å². The summed E-state index contributed by atoms with van der Waals surface area (Å²) < 4.78 is 0. The van der Waals surface area contributed by atoms with E-state index in [-0.39, 0.29) is 17.2 Å². The molecule has 2 aromatic carbocycles. The maximum atomic E-state index is 12.9. The topological polar surface area (TPSA) is 49.4 Å². The number of piperidine rings is 1. The van der Waals surface area contributed by atoms with Gasteiger partial charge < -0.3 is 10.2 Å². The first-order chi connectivity index (χ1) is 13.3. The van der Waals surface area contributed by atoms with Crippen LogP contribution in [0.2, 0.25) is 0 Å². The number of hydrogen-bond acceptors (Lipinski definition) is 2. The highest BCUT2D eigenvalue weighted by atomic mass is 16.2. The molecule has 1 fully saturated rings. The van der Waals surface area contributed by atoms with Gasteiger partial charge in [0.05, 0.1) is 0 Å². The van der Waals surface area contributed by atoms with Crippen LogP contribution in [0.3, 0.4) is 0 Å². The van der Waals surface area contributed by atoms with Crippen molar-refractivity contribution in [1.82, 2.24) is 4.90 Å². The molecule has 4 heteroatoms. The van der Waals surface area contributed by atoms with Crippen LogP contribution in [0, 0.1) is 5.92 Å². The van der Waals surface area contributed by atoms with Gasteiger partial charge in [0.1, 0.15) is 0 Å². The van der Waals surface area contributed by atoms with E-state index in [1.807, 2.05) is 29.2 Å². The van der Waals surface area contributed by atoms with Gasteiger partial charge in [0.2, 0.25) is 0 Å². The lowest BCUT2D eigenvalue weighted by Crippen LogP contribution is -2.38. The van der Waals surface area contributed by atoms with Gasteiger partial charge in [-0.15, -0.1) is 0 Å². The number of para-hydroxylation sites is 1. The fraction of sp³-hybridized carbons (Fsp3) is 0.417. The summed E-state index contributed by atoms with van der Waals surface area (Å²) >= 11 is 0. The normalized spacial score (nSPS) is 15.4. The number of rotatable bonds is 3. The Labute approximate surface area is 167 Å². The van der Waals surface area contributed by atoms with E-state index in [9.17, 15) is 9.59 Å². The minimum absolute atomic E-state index is 0.0108. The van der Waals surface area contributed by atoms with Crippen LogP contribution >= 0.6 is 0 Å². The highest BCUT2D eigenvalue weighted by Gasteiger charge is 2.23. The highest BCUT2D eigenvalue weighted by molar-refractivity contribution is 6.06. The Bertz CT molecular complexity index is 859. The molecule has 1 aliphatic heterocycles. The van der Waals surface area contributed by atoms with E-state index in [2.05, 4.69) is 33.0 Å². The molecule has 2 aromatic rings. The zero-order chi connectivity index (χ0) is 20.3. The summed E-state index contributed by atoms with van der Waals surface area (Å²) in [6.07, 6.45) is 2.07. The first-order valence-electron chi connectivity index (χ1n) is 10.1. The van der Waals surface area contributed by atoms with Gasteiger partial charge in [-0.2, -0.15) is 0 Å². The van der Waals surface area contributed by atoms with E-state index in [0.717, 1.165) is 37.2 Å². The minimum Gasteiger partial charge on any atom is -0.339 e. The number of likely N-dealkylation sites (tertiary alicyclic amines) is 1. The van der Waals surface area contributed by atoms with Crippen molar-refractivity contribution in [3.63, 3.8) is 0 Å². The molecule has 0 bridgehead atoms. The molecule has 1 heterocycles. The fourth-order valence-corrected chi connectivity index (χ4v) is 3.63. The second kappa shape index (κ2) is 8.17. The monoisotopic (exact) mass is 378 g/mol. The van der Waals surface area contributed by atoms with Crippen molar-refractivity contribution in [2.24, 2.45) is 5.92 Å². The Morgan fingerprint density at radius 3 is 2.29 bits per heavy atom. The largest absolute Gasteiger partial charge is 0.339 e. The van der Waals surface area contributed by atoms with Crippen molar-refractivity contribution in [2.75, 3.05) is 18.4 Å². The Morgan fingerprint density at radius 1 is 0.964 bits per heavy atom. The maximum absolute atomic E-state index is 12.9. The number of anilines is 1. The van der Waals surface area contributed by atoms with E-state index < -0.39 is 0 Å². The van der Waals surface area contributed by atoms with Crippen molar-refractivity contribution in [2.45, 2.75) is 46.0 Å². The lowest BCUT2D eigenvalue weighted by Gasteiger charge is -2.30. The Hall–Kier alpha value is -2.62. The molecule has 0 unspecified atom stereocenters. The molecule has 0 aliphatic carbocycles. The van der Waals surface area contributed by atoms with Crippen molar-refractivity contribution >= 4 is 17.5 Å². The van der Waals surface area contributed by atoms with Gasteiger partial charge in [0.15, 0.2) is 0 Å². The molecule has 0 spiro atoms. The Kier molecular flexibility index (Phi) is 5.87. The SMILES string of the molecule is CC1CCN(C(=O)c2cccc(C(=O)Nc3ccccc3C(C)(C)C)c2)CC1. The third-order valence-corrected chi connectivity index (χ3v) is 5.43.